The predicted octanol–water partition coefficient (Wildman–Crippen LogP) is 2.94. The number of benzene rings is 1. The summed E-state index contributed by atoms with van der Waals surface area (Å²) in [7, 11) is 0. The summed E-state index contributed by atoms with van der Waals surface area (Å²) in [6, 6.07) is 9.61. The molecule has 0 aliphatic heterocycles. The number of rotatable bonds is 3. The normalized spacial score (nSPS) is 10.9. The van der Waals surface area contributed by atoms with Crippen LogP contribution in [0.15, 0.2) is 35.1 Å². The van der Waals surface area contributed by atoms with Gasteiger partial charge in [-0.3, -0.25) is 4.79 Å². The molecule has 0 saturated carbocycles. The topological polar surface area (TPSA) is 22.0 Å². The van der Waals surface area contributed by atoms with Gasteiger partial charge in [-0.2, -0.15) is 0 Å². The average molecular weight is 236 g/mol. The second kappa shape index (κ2) is 4.71. The fourth-order valence-electron chi connectivity index (χ4n) is 1.87. The predicted molar refractivity (Wildman–Crippen MR) is 68.3 cm³/mol. The Balaban J connectivity index is 2.60. The van der Waals surface area contributed by atoms with E-state index < -0.39 is 0 Å². The van der Waals surface area contributed by atoms with Crippen molar-refractivity contribution in [2.24, 2.45) is 0 Å². The molecule has 0 fully saturated rings. The van der Waals surface area contributed by atoms with Gasteiger partial charge in [0.2, 0.25) is 0 Å². The van der Waals surface area contributed by atoms with Crippen LogP contribution in [-0.2, 0) is 6.54 Å². The first-order valence-corrected chi connectivity index (χ1v) is 5.92. The van der Waals surface area contributed by atoms with Gasteiger partial charge in [-0.25, -0.2) is 0 Å². The second-order valence-corrected chi connectivity index (χ2v) is 4.31. The molecule has 84 valence electrons. The molecule has 0 spiro atoms. The van der Waals surface area contributed by atoms with Crippen molar-refractivity contribution in [2.75, 3.05) is 5.88 Å². The molecule has 0 atom stereocenters. The zero-order valence-electron chi connectivity index (χ0n) is 9.24. The first kappa shape index (κ1) is 11.2. The van der Waals surface area contributed by atoms with Gasteiger partial charge in [0.15, 0.2) is 0 Å². The number of aryl methyl sites for hydroxylation is 2. The third-order valence-corrected chi connectivity index (χ3v) is 2.93. The first-order chi connectivity index (χ1) is 7.72. The van der Waals surface area contributed by atoms with Gasteiger partial charge in [0, 0.05) is 18.5 Å². The van der Waals surface area contributed by atoms with Crippen LogP contribution in [0, 0.1) is 6.92 Å². The number of nitrogens with zero attached hydrogens (tertiary/aromatic N) is 1. The van der Waals surface area contributed by atoms with Crippen molar-refractivity contribution in [3.8, 4) is 0 Å². The van der Waals surface area contributed by atoms with E-state index in [2.05, 4.69) is 6.07 Å². The van der Waals surface area contributed by atoms with Gasteiger partial charge in [-0.05, 0) is 36.9 Å². The highest BCUT2D eigenvalue weighted by atomic mass is 35.5. The molecule has 1 heterocycles. The minimum atomic E-state index is 0.0430. The smallest absolute Gasteiger partial charge is 0.251 e. The Morgan fingerprint density at radius 1 is 1.25 bits per heavy atom. The lowest BCUT2D eigenvalue weighted by Crippen LogP contribution is -2.19. The molecule has 2 nitrogen and oxygen atoms in total. The molecule has 0 aliphatic rings. The van der Waals surface area contributed by atoms with Crippen LogP contribution in [0.4, 0.5) is 0 Å². The summed E-state index contributed by atoms with van der Waals surface area (Å²) in [5.41, 5.74) is 2.24. The molecule has 0 amide bonds. The Bertz CT molecular complexity index is 559. The van der Waals surface area contributed by atoms with Crippen molar-refractivity contribution < 1.29 is 0 Å². The number of halogens is 1. The number of pyridine rings is 1. The summed E-state index contributed by atoms with van der Waals surface area (Å²) < 4.78 is 1.79. The molecule has 0 N–H and O–H groups in total. The Morgan fingerprint density at radius 2 is 2.06 bits per heavy atom. The van der Waals surface area contributed by atoms with Crippen LogP contribution >= 0.6 is 11.6 Å². The van der Waals surface area contributed by atoms with E-state index in [-0.39, 0.29) is 5.56 Å². The molecule has 1 aromatic carbocycles. The van der Waals surface area contributed by atoms with Crippen LogP contribution in [-0.4, -0.2) is 10.4 Å². The number of aromatic nitrogens is 1. The molecule has 0 saturated heterocycles. The van der Waals surface area contributed by atoms with Gasteiger partial charge in [-0.15, -0.1) is 11.6 Å². The van der Waals surface area contributed by atoms with E-state index in [4.69, 9.17) is 11.6 Å². The molecule has 2 rings (SSSR count). The largest absolute Gasteiger partial charge is 0.308 e. The van der Waals surface area contributed by atoms with E-state index in [1.807, 2.05) is 25.1 Å². The molecular formula is C13H14ClNO. The summed E-state index contributed by atoms with van der Waals surface area (Å²) >= 11 is 5.66. The minimum Gasteiger partial charge on any atom is -0.308 e. The van der Waals surface area contributed by atoms with Gasteiger partial charge in [0.25, 0.3) is 5.56 Å². The van der Waals surface area contributed by atoms with Crippen molar-refractivity contribution in [1.29, 1.82) is 0 Å². The third-order valence-electron chi connectivity index (χ3n) is 2.66. The molecule has 1 aromatic heterocycles. The number of fused-ring (bicyclic) bond motifs is 1. The Kier molecular flexibility index (Phi) is 3.30. The lowest BCUT2D eigenvalue weighted by Gasteiger charge is -2.09. The van der Waals surface area contributed by atoms with Gasteiger partial charge in [-0.1, -0.05) is 11.6 Å². The SMILES string of the molecule is Cc1ccc2c(ccc(=O)n2CCCCl)c1. The summed E-state index contributed by atoms with van der Waals surface area (Å²) in [5.74, 6) is 0.578. The summed E-state index contributed by atoms with van der Waals surface area (Å²) in [4.78, 5) is 11.7. The van der Waals surface area contributed by atoms with E-state index in [1.54, 1.807) is 10.6 Å². The maximum Gasteiger partial charge on any atom is 0.251 e. The summed E-state index contributed by atoms with van der Waals surface area (Å²) in [6.07, 6.45) is 0.814. The van der Waals surface area contributed by atoms with Crippen molar-refractivity contribution in [1.82, 2.24) is 4.57 Å². The molecule has 2 aromatic rings. The third kappa shape index (κ3) is 2.12. The van der Waals surface area contributed by atoms with E-state index in [9.17, 15) is 4.79 Å². The summed E-state index contributed by atoms with van der Waals surface area (Å²) in [6.45, 7) is 2.73. The van der Waals surface area contributed by atoms with Crippen LogP contribution in [0.3, 0.4) is 0 Å². The van der Waals surface area contributed by atoms with E-state index in [0.29, 0.717) is 12.4 Å². The molecule has 0 bridgehead atoms. The van der Waals surface area contributed by atoms with E-state index in [1.165, 1.54) is 5.56 Å². The van der Waals surface area contributed by atoms with Crippen LogP contribution in [0.2, 0.25) is 0 Å². The highest BCUT2D eigenvalue weighted by molar-refractivity contribution is 6.17. The van der Waals surface area contributed by atoms with Crippen molar-refractivity contribution in [2.45, 2.75) is 19.9 Å². The number of hydrogen-bond acceptors (Lipinski definition) is 1. The minimum absolute atomic E-state index is 0.0430. The molecule has 0 aliphatic carbocycles. The van der Waals surface area contributed by atoms with Crippen molar-refractivity contribution in [3.05, 3.63) is 46.2 Å². The Morgan fingerprint density at radius 3 is 2.81 bits per heavy atom. The standard InChI is InChI=1S/C13H14ClNO/c1-10-3-5-12-11(9-10)4-6-13(16)15(12)8-2-7-14/h3-6,9H,2,7-8H2,1H3. The highest BCUT2D eigenvalue weighted by Gasteiger charge is 2.02. The van der Waals surface area contributed by atoms with Crippen LogP contribution in [0.1, 0.15) is 12.0 Å². The number of hydrogen-bond donors (Lipinski definition) is 0. The molecule has 0 radical (unpaired) electrons. The number of alkyl halides is 1. The molecule has 3 heteroatoms. The van der Waals surface area contributed by atoms with E-state index >= 15 is 0 Å². The van der Waals surface area contributed by atoms with E-state index in [0.717, 1.165) is 17.3 Å². The first-order valence-electron chi connectivity index (χ1n) is 5.38. The van der Waals surface area contributed by atoms with Crippen LogP contribution in [0.5, 0.6) is 0 Å². The van der Waals surface area contributed by atoms with Gasteiger partial charge < -0.3 is 4.57 Å². The van der Waals surface area contributed by atoms with Gasteiger partial charge >= 0.3 is 0 Å². The quantitative estimate of drug-likeness (QED) is 0.750. The zero-order valence-corrected chi connectivity index (χ0v) is 10.00. The second-order valence-electron chi connectivity index (χ2n) is 3.93. The van der Waals surface area contributed by atoms with Crippen LogP contribution < -0.4 is 5.56 Å². The van der Waals surface area contributed by atoms with Gasteiger partial charge in [0.05, 0.1) is 5.52 Å². The maximum absolute atomic E-state index is 11.7. The van der Waals surface area contributed by atoms with Crippen molar-refractivity contribution >= 4 is 22.5 Å². The Hall–Kier alpha value is -1.28. The fraction of sp³-hybridized carbons (Fsp3) is 0.308. The lowest BCUT2D eigenvalue weighted by molar-refractivity contribution is 0.681. The highest BCUT2D eigenvalue weighted by Crippen LogP contribution is 2.14. The molecule has 16 heavy (non-hydrogen) atoms. The fourth-order valence-corrected chi connectivity index (χ4v) is 1.99. The maximum atomic E-state index is 11.7. The molecule has 0 unspecified atom stereocenters. The van der Waals surface area contributed by atoms with Gasteiger partial charge in [0.1, 0.15) is 0 Å². The van der Waals surface area contributed by atoms with Crippen LogP contribution in [0.25, 0.3) is 10.9 Å². The average Bonchev–Trinajstić information content (AvgIpc) is 2.28. The monoisotopic (exact) mass is 235 g/mol. The lowest BCUT2D eigenvalue weighted by atomic mass is 10.1. The molecular weight excluding hydrogens is 222 g/mol. The summed E-state index contributed by atoms with van der Waals surface area (Å²) in [5, 5.41) is 1.11. The Labute approximate surface area is 99.5 Å². The zero-order chi connectivity index (χ0) is 11.5. The van der Waals surface area contributed by atoms with Crippen molar-refractivity contribution in [3.63, 3.8) is 0 Å².